The van der Waals surface area contributed by atoms with Crippen molar-refractivity contribution >= 4 is 32.0 Å². The fraction of sp³-hybridized carbons (Fsp3) is 0.188. The maximum Gasteiger partial charge on any atom is 0.187 e. The first-order chi connectivity index (χ1) is 10.8. The Labute approximate surface area is 138 Å². The minimum Gasteiger partial charge on any atom is -0.466 e. The van der Waals surface area contributed by atoms with Gasteiger partial charge in [-0.25, -0.2) is 13.4 Å². The smallest absolute Gasteiger partial charge is 0.187 e. The van der Waals surface area contributed by atoms with Crippen LogP contribution >= 0.6 is 11.3 Å². The van der Waals surface area contributed by atoms with E-state index in [4.69, 9.17) is 4.42 Å². The van der Waals surface area contributed by atoms with Crippen LogP contribution in [0.15, 0.2) is 45.0 Å². The standard InChI is InChI=1S/C16H16N2O3S2/c1-10-8-14(11(2)21-10)15-9-22-16(18-15)17-12-4-6-13(7-5-12)23(3,19)20/h4-9H,1-3H3,(H,17,18). The van der Waals surface area contributed by atoms with Crippen molar-refractivity contribution in [2.45, 2.75) is 18.7 Å². The van der Waals surface area contributed by atoms with Crippen molar-refractivity contribution in [3.8, 4) is 11.3 Å². The molecule has 0 aliphatic rings. The first-order valence-electron chi connectivity index (χ1n) is 6.93. The van der Waals surface area contributed by atoms with Crippen LogP contribution in [-0.4, -0.2) is 19.7 Å². The molecule has 23 heavy (non-hydrogen) atoms. The molecule has 0 aliphatic carbocycles. The number of nitrogens with one attached hydrogen (secondary N) is 1. The number of nitrogens with zero attached hydrogens (tertiary/aromatic N) is 1. The van der Waals surface area contributed by atoms with Gasteiger partial charge in [0, 0.05) is 22.9 Å². The van der Waals surface area contributed by atoms with Gasteiger partial charge in [0.25, 0.3) is 0 Å². The van der Waals surface area contributed by atoms with Gasteiger partial charge in [-0.2, -0.15) is 0 Å². The highest BCUT2D eigenvalue weighted by Crippen LogP contribution is 2.31. The van der Waals surface area contributed by atoms with Gasteiger partial charge in [0.1, 0.15) is 11.5 Å². The van der Waals surface area contributed by atoms with Crippen molar-refractivity contribution in [2.75, 3.05) is 11.6 Å². The summed E-state index contributed by atoms with van der Waals surface area (Å²) in [6, 6.07) is 8.58. The lowest BCUT2D eigenvalue weighted by molar-refractivity contribution is 0.505. The third-order valence-electron chi connectivity index (χ3n) is 3.35. The number of sulfone groups is 1. The van der Waals surface area contributed by atoms with Crippen LogP contribution in [0.2, 0.25) is 0 Å². The molecule has 7 heteroatoms. The molecule has 1 aromatic carbocycles. The normalized spacial score (nSPS) is 11.6. The first-order valence-corrected chi connectivity index (χ1v) is 9.70. The van der Waals surface area contributed by atoms with Crippen LogP contribution in [0.4, 0.5) is 10.8 Å². The molecule has 0 bridgehead atoms. The van der Waals surface area contributed by atoms with Gasteiger partial charge in [-0.15, -0.1) is 11.3 Å². The average molecular weight is 348 g/mol. The zero-order valence-corrected chi connectivity index (χ0v) is 14.6. The molecule has 0 saturated heterocycles. The number of aromatic nitrogens is 1. The van der Waals surface area contributed by atoms with Crippen molar-refractivity contribution < 1.29 is 12.8 Å². The number of rotatable bonds is 4. The van der Waals surface area contributed by atoms with E-state index in [2.05, 4.69) is 10.3 Å². The summed E-state index contributed by atoms with van der Waals surface area (Å²) >= 11 is 1.48. The predicted octanol–water partition coefficient (Wildman–Crippen LogP) is 4.17. The Morgan fingerprint density at radius 1 is 1.17 bits per heavy atom. The monoisotopic (exact) mass is 348 g/mol. The second kappa shape index (κ2) is 5.82. The van der Waals surface area contributed by atoms with Gasteiger partial charge in [-0.05, 0) is 44.2 Å². The van der Waals surface area contributed by atoms with Crippen molar-refractivity contribution in [3.63, 3.8) is 0 Å². The largest absolute Gasteiger partial charge is 0.466 e. The highest BCUT2D eigenvalue weighted by Gasteiger charge is 2.12. The van der Waals surface area contributed by atoms with Crippen molar-refractivity contribution in [3.05, 3.63) is 47.2 Å². The number of thiazole rings is 1. The topological polar surface area (TPSA) is 72.2 Å². The summed E-state index contributed by atoms with van der Waals surface area (Å²) in [6.45, 7) is 3.82. The Morgan fingerprint density at radius 3 is 2.43 bits per heavy atom. The number of aryl methyl sites for hydroxylation is 2. The summed E-state index contributed by atoms with van der Waals surface area (Å²) in [4.78, 5) is 4.85. The Bertz CT molecular complexity index is 938. The molecule has 2 aromatic heterocycles. The van der Waals surface area contributed by atoms with Gasteiger partial charge in [-0.1, -0.05) is 0 Å². The number of anilines is 2. The lowest BCUT2D eigenvalue weighted by Crippen LogP contribution is -1.97. The SMILES string of the molecule is Cc1cc(-c2csc(Nc3ccc(S(C)(=O)=O)cc3)n2)c(C)o1. The van der Waals surface area contributed by atoms with Crippen LogP contribution in [0, 0.1) is 13.8 Å². The van der Waals surface area contributed by atoms with E-state index in [1.807, 2.05) is 25.3 Å². The minimum atomic E-state index is -3.18. The van der Waals surface area contributed by atoms with Gasteiger partial charge in [-0.3, -0.25) is 0 Å². The molecule has 5 nitrogen and oxygen atoms in total. The van der Waals surface area contributed by atoms with Gasteiger partial charge in [0.2, 0.25) is 0 Å². The molecule has 0 atom stereocenters. The van der Waals surface area contributed by atoms with Crippen molar-refractivity contribution in [1.82, 2.24) is 4.98 Å². The zero-order valence-electron chi connectivity index (χ0n) is 13.0. The Morgan fingerprint density at radius 2 is 1.87 bits per heavy atom. The second-order valence-corrected chi connectivity index (χ2v) is 8.16. The average Bonchev–Trinajstić information content (AvgIpc) is 3.05. The van der Waals surface area contributed by atoms with Gasteiger partial charge >= 0.3 is 0 Å². The van der Waals surface area contributed by atoms with E-state index in [1.165, 1.54) is 17.6 Å². The molecule has 0 unspecified atom stereocenters. The molecule has 0 aliphatic heterocycles. The Hall–Kier alpha value is -2.12. The summed E-state index contributed by atoms with van der Waals surface area (Å²) in [5.74, 6) is 1.70. The van der Waals surface area contributed by atoms with Crippen LogP contribution in [0.25, 0.3) is 11.3 Å². The first kappa shape index (κ1) is 15.8. The van der Waals surface area contributed by atoms with Crippen LogP contribution in [0.3, 0.4) is 0 Å². The molecular weight excluding hydrogens is 332 g/mol. The summed E-state index contributed by atoms with van der Waals surface area (Å²) in [6.07, 6.45) is 1.19. The molecule has 3 rings (SSSR count). The molecule has 2 heterocycles. The second-order valence-electron chi connectivity index (χ2n) is 5.29. The van der Waals surface area contributed by atoms with E-state index < -0.39 is 9.84 Å². The summed E-state index contributed by atoms with van der Waals surface area (Å²) in [5, 5.41) is 5.88. The van der Waals surface area contributed by atoms with Crippen LogP contribution in [-0.2, 0) is 9.84 Å². The summed E-state index contributed by atoms with van der Waals surface area (Å²) in [5.41, 5.74) is 2.64. The summed E-state index contributed by atoms with van der Waals surface area (Å²) in [7, 11) is -3.18. The molecule has 0 spiro atoms. The zero-order chi connectivity index (χ0) is 16.6. The lowest BCUT2D eigenvalue weighted by atomic mass is 10.2. The van der Waals surface area contributed by atoms with E-state index in [9.17, 15) is 8.42 Å². The van der Waals surface area contributed by atoms with Gasteiger partial charge in [0.15, 0.2) is 15.0 Å². The fourth-order valence-electron chi connectivity index (χ4n) is 2.25. The predicted molar refractivity (Wildman–Crippen MR) is 92.1 cm³/mol. The third kappa shape index (κ3) is 3.46. The molecule has 0 amide bonds. The van der Waals surface area contributed by atoms with E-state index in [0.29, 0.717) is 4.90 Å². The third-order valence-corrected chi connectivity index (χ3v) is 5.24. The molecule has 0 radical (unpaired) electrons. The summed E-state index contributed by atoms with van der Waals surface area (Å²) < 4.78 is 28.4. The number of hydrogen-bond acceptors (Lipinski definition) is 6. The Balaban J connectivity index is 1.81. The van der Waals surface area contributed by atoms with Gasteiger partial charge in [0.05, 0.1) is 10.6 Å². The molecule has 1 N–H and O–H groups in total. The highest BCUT2D eigenvalue weighted by molar-refractivity contribution is 7.90. The van der Waals surface area contributed by atoms with Gasteiger partial charge < -0.3 is 9.73 Å². The molecular formula is C16H16N2O3S2. The van der Waals surface area contributed by atoms with E-state index in [-0.39, 0.29) is 0 Å². The number of benzene rings is 1. The Kier molecular flexibility index (Phi) is 3.99. The molecule has 0 saturated carbocycles. The lowest BCUT2D eigenvalue weighted by Gasteiger charge is -2.03. The van der Waals surface area contributed by atoms with E-state index in [1.54, 1.807) is 24.3 Å². The molecule has 3 aromatic rings. The van der Waals surface area contributed by atoms with Crippen LogP contribution in [0.5, 0.6) is 0 Å². The highest BCUT2D eigenvalue weighted by atomic mass is 32.2. The van der Waals surface area contributed by atoms with E-state index >= 15 is 0 Å². The van der Waals surface area contributed by atoms with Crippen molar-refractivity contribution in [1.29, 1.82) is 0 Å². The number of hydrogen-bond donors (Lipinski definition) is 1. The quantitative estimate of drug-likeness (QED) is 0.766. The maximum atomic E-state index is 11.5. The van der Waals surface area contributed by atoms with Crippen LogP contribution < -0.4 is 5.32 Å². The van der Waals surface area contributed by atoms with Crippen molar-refractivity contribution in [2.24, 2.45) is 0 Å². The maximum absolute atomic E-state index is 11.5. The molecule has 120 valence electrons. The molecule has 0 fully saturated rings. The minimum absolute atomic E-state index is 0.298. The van der Waals surface area contributed by atoms with Crippen LogP contribution in [0.1, 0.15) is 11.5 Å². The fourth-order valence-corrected chi connectivity index (χ4v) is 3.61. The number of furan rings is 1. The van der Waals surface area contributed by atoms with E-state index in [0.717, 1.165) is 33.6 Å².